The Morgan fingerprint density at radius 1 is 0.970 bits per heavy atom. The molecular formula is C23H30N2O7S. The van der Waals surface area contributed by atoms with Crippen LogP contribution in [0.3, 0.4) is 0 Å². The lowest BCUT2D eigenvalue weighted by Gasteiger charge is -2.21. The molecule has 1 heterocycles. The van der Waals surface area contributed by atoms with Crippen molar-refractivity contribution in [2.45, 2.75) is 10.8 Å². The Hall–Kier alpha value is -2.82. The van der Waals surface area contributed by atoms with E-state index in [4.69, 9.17) is 18.9 Å². The molecule has 0 unspecified atom stereocenters. The third-order valence-corrected chi connectivity index (χ3v) is 7.61. The average Bonchev–Trinajstić information content (AvgIpc) is 3.30. The average molecular weight is 479 g/mol. The monoisotopic (exact) mass is 478 g/mol. The topological polar surface area (TPSA) is 103 Å². The second kappa shape index (κ2) is 10.9. The van der Waals surface area contributed by atoms with Crippen LogP contribution in [0.5, 0.6) is 17.2 Å². The third kappa shape index (κ3) is 5.40. The first-order valence-corrected chi connectivity index (χ1v) is 11.9. The summed E-state index contributed by atoms with van der Waals surface area (Å²) in [5, 5.41) is 2.84. The van der Waals surface area contributed by atoms with Gasteiger partial charge in [0.15, 0.2) is 0 Å². The van der Waals surface area contributed by atoms with Crippen molar-refractivity contribution in [1.82, 2.24) is 9.62 Å². The summed E-state index contributed by atoms with van der Waals surface area (Å²) in [7, 11) is 2.34. The first-order chi connectivity index (χ1) is 15.8. The number of carbonyl (C=O) groups is 1. The van der Waals surface area contributed by atoms with Crippen LogP contribution in [-0.4, -0.2) is 73.3 Å². The minimum atomic E-state index is -3.82. The number of methoxy groups -OCH3 is 4. The molecule has 1 saturated heterocycles. The number of nitrogens with one attached hydrogen (secondary N) is 1. The molecule has 1 aliphatic heterocycles. The molecule has 0 aromatic heterocycles. The zero-order valence-electron chi connectivity index (χ0n) is 19.2. The molecule has 0 saturated carbocycles. The zero-order chi connectivity index (χ0) is 24.0. The lowest BCUT2D eigenvalue weighted by atomic mass is 9.87. The smallest absolute Gasteiger partial charge is 0.243 e. The first-order valence-electron chi connectivity index (χ1n) is 10.5. The van der Waals surface area contributed by atoms with E-state index in [-0.39, 0.29) is 23.9 Å². The van der Waals surface area contributed by atoms with Crippen molar-refractivity contribution < 1.29 is 32.2 Å². The maximum absolute atomic E-state index is 13.4. The zero-order valence-corrected chi connectivity index (χ0v) is 20.1. The molecule has 10 heteroatoms. The SMILES string of the molecule is COCCNC(=O)[C@H]1CN(S(=O)(=O)c2ccc(OC)cc2)C[C@H]1c1ccc(OC)cc1OC. The number of benzene rings is 2. The van der Waals surface area contributed by atoms with Crippen LogP contribution in [0.25, 0.3) is 0 Å². The van der Waals surface area contributed by atoms with E-state index in [0.717, 1.165) is 5.56 Å². The van der Waals surface area contributed by atoms with E-state index in [2.05, 4.69) is 5.32 Å². The minimum Gasteiger partial charge on any atom is -0.497 e. The number of rotatable bonds is 10. The first kappa shape index (κ1) is 24.8. The van der Waals surface area contributed by atoms with Crippen molar-refractivity contribution in [2.24, 2.45) is 5.92 Å². The highest BCUT2D eigenvalue weighted by molar-refractivity contribution is 7.89. The maximum Gasteiger partial charge on any atom is 0.243 e. The van der Waals surface area contributed by atoms with Crippen LogP contribution in [0.1, 0.15) is 11.5 Å². The number of amides is 1. The van der Waals surface area contributed by atoms with Gasteiger partial charge in [-0.05, 0) is 35.9 Å². The lowest BCUT2D eigenvalue weighted by Crippen LogP contribution is -2.37. The molecule has 0 aliphatic carbocycles. The summed E-state index contributed by atoms with van der Waals surface area (Å²) in [6.45, 7) is 0.888. The summed E-state index contributed by atoms with van der Waals surface area (Å²) in [5.74, 6) is 0.475. The number of sulfonamides is 1. The van der Waals surface area contributed by atoms with Gasteiger partial charge in [-0.2, -0.15) is 4.31 Å². The van der Waals surface area contributed by atoms with Crippen LogP contribution in [0.15, 0.2) is 47.4 Å². The van der Waals surface area contributed by atoms with Gasteiger partial charge in [0.2, 0.25) is 15.9 Å². The molecule has 2 aromatic rings. The molecule has 0 bridgehead atoms. The van der Waals surface area contributed by atoms with E-state index in [1.165, 1.54) is 30.7 Å². The molecule has 180 valence electrons. The van der Waals surface area contributed by atoms with Gasteiger partial charge < -0.3 is 24.3 Å². The maximum atomic E-state index is 13.4. The Morgan fingerprint density at radius 2 is 1.64 bits per heavy atom. The fraction of sp³-hybridized carbons (Fsp3) is 0.435. The van der Waals surface area contributed by atoms with Crippen LogP contribution in [0.4, 0.5) is 0 Å². The van der Waals surface area contributed by atoms with Gasteiger partial charge in [-0.1, -0.05) is 6.07 Å². The summed E-state index contributed by atoms with van der Waals surface area (Å²) in [6.07, 6.45) is 0. The second-order valence-electron chi connectivity index (χ2n) is 7.60. The number of ether oxygens (including phenoxy) is 4. The molecule has 2 aromatic carbocycles. The van der Waals surface area contributed by atoms with Gasteiger partial charge in [-0.15, -0.1) is 0 Å². The van der Waals surface area contributed by atoms with Crippen molar-refractivity contribution in [1.29, 1.82) is 0 Å². The van der Waals surface area contributed by atoms with Crippen LogP contribution >= 0.6 is 0 Å². The predicted octanol–water partition coefficient (Wildman–Crippen LogP) is 1.88. The van der Waals surface area contributed by atoms with Crippen molar-refractivity contribution in [2.75, 3.05) is 54.7 Å². The highest BCUT2D eigenvalue weighted by Crippen LogP contribution is 2.41. The molecule has 0 radical (unpaired) electrons. The van der Waals surface area contributed by atoms with E-state index in [1.807, 2.05) is 6.07 Å². The van der Waals surface area contributed by atoms with Gasteiger partial charge in [0.25, 0.3) is 0 Å². The quantitative estimate of drug-likeness (QED) is 0.520. The Bertz CT molecular complexity index is 1060. The lowest BCUT2D eigenvalue weighted by molar-refractivity contribution is -0.125. The van der Waals surface area contributed by atoms with Crippen molar-refractivity contribution in [3.63, 3.8) is 0 Å². The fourth-order valence-electron chi connectivity index (χ4n) is 3.97. The summed E-state index contributed by atoms with van der Waals surface area (Å²) < 4.78 is 49.1. The van der Waals surface area contributed by atoms with Crippen LogP contribution in [-0.2, 0) is 19.6 Å². The summed E-state index contributed by atoms with van der Waals surface area (Å²) in [5.41, 5.74) is 0.748. The molecule has 1 N–H and O–H groups in total. The Balaban J connectivity index is 1.95. The molecule has 3 rings (SSSR count). The van der Waals surface area contributed by atoms with Crippen LogP contribution in [0, 0.1) is 5.92 Å². The molecule has 1 amide bonds. The number of hydrogen-bond acceptors (Lipinski definition) is 7. The highest BCUT2D eigenvalue weighted by Gasteiger charge is 2.44. The van der Waals surface area contributed by atoms with Crippen LogP contribution in [0.2, 0.25) is 0 Å². The summed E-state index contributed by atoms with van der Waals surface area (Å²) in [4.78, 5) is 13.2. The second-order valence-corrected chi connectivity index (χ2v) is 9.54. The van der Waals surface area contributed by atoms with Crippen LogP contribution < -0.4 is 19.5 Å². The Labute approximate surface area is 194 Å². The van der Waals surface area contributed by atoms with E-state index in [9.17, 15) is 13.2 Å². The van der Waals surface area contributed by atoms with E-state index in [1.54, 1.807) is 38.5 Å². The molecule has 1 aliphatic rings. The third-order valence-electron chi connectivity index (χ3n) is 5.77. The predicted molar refractivity (Wildman–Crippen MR) is 122 cm³/mol. The minimum absolute atomic E-state index is 0.0486. The van der Waals surface area contributed by atoms with Gasteiger partial charge >= 0.3 is 0 Å². The van der Waals surface area contributed by atoms with E-state index >= 15 is 0 Å². The Morgan fingerprint density at radius 3 is 2.24 bits per heavy atom. The molecule has 33 heavy (non-hydrogen) atoms. The number of carbonyl (C=O) groups excluding carboxylic acids is 1. The molecule has 9 nitrogen and oxygen atoms in total. The molecule has 1 fully saturated rings. The van der Waals surface area contributed by atoms with Gasteiger partial charge in [-0.25, -0.2) is 8.42 Å². The largest absolute Gasteiger partial charge is 0.497 e. The summed E-state index contributed by atoms with van der Waals surface area (Å²) in [6, 6.07) is 11.5. The van der Waals surface area contributed by atoms with Crippen molar-refractivity contribution in [3.8, 4) is 17.2 Å². The number of hydrogen-bond donors (Lipinski definition) is 1. The van der Waals surface area contributed by atoms with Gasteiger partial charge in [0, 0.05) is 38.7 Å². The van der Waals surface area contributed by atoms with Gasteiger partial charge in [0.1, 0.15) is 17.2 Å². The van der Waals surface area contributed by atoms with Gasteiger partial charge in [-0.3, -0.25) is 4.79 Å². The normalized spacial score (nSPS) is 18.7. The number of nitrogens with zero attached hydrogens (tertiary/aromatic N) is 1. The molecular weight excluding hydrogens is 448 g/mol. The van der Waals surface area contributed by atoms with E-state index < -0.39 is 21.9 Å². The van der Waals surface area contributed by atoms with E-state index in [0.29, 0.717) is 30.4 Å². The fourth-order valence-corrected chi connectivity index (χ4v) is 5.47. The van der Waals surface area contributed by atoms with Gasteiger partial charge in [0.05, 0.1) is 38.7 Å². The highest BCUT2D eigenvalue weighted by atomic mass is 32.2. The molecule has 0 spiro atoms. The van der Waals surface area contributed by atoms with Crippen molar-refractivity contribution >= 4 is 15.9 Å². The van der Waals surface area contributed by atoms with Crippen molar-refractivity contribution in [3.05, 3.63) is 48.0 Å². The molecule has 2 atom stereocenters. The Kier molecular flexibility index (Phi) is 8.17. The summed E-state index contributed by atoms with van der Waals surface area (Å²) >= 11 is 0. The standard InChI is InChI=1S/C23H30N2O7S/c1-29-12-11-24-23(26)21-15-25(33(27,28)18-8-5-16(30-2)6-9-18)14-20(21)19-10-7-17(31-3)13-22(19)32-4/h5-10,13,20-21H,11-12,14-15H2,1-4H3,(H,24,26)/t20-,21-/m0/s1.